The average Bonchev–Trinajstić information content (AvgIpc) is 3.16. The maximum Gasteiger partial charge on any atom is 0.273 e. The van der Waals surface area contributed by atoms with Crippen LogP contribution in [-0.4, -0.2) is 40.1 Å². The second-order valence-electron chi connectivity index (χ2n) is 5.83. The molecule has 0 radical (unpaired) electrons. The topological polar surface area (TPSA) is 66.6 Å². The van der Waals surface area contributed by atoms with Crippen molar-refractivity contribution in [2.45, 2.75) is 32.7 Å². The molecule has 6 heteroatoms. The average molecular weight is 320 g/mol. The summed E-state index contributed by atoms with van der Waals surface area (Å²) in [6.45, 7) is 4.70. The van der Waals surface area contributed by atoms with Crippen LogP contribution >= 0.6 is 11.3 Å². The summed E-state index contributed by atoms with van der Waals surface area (Å²) in [4.78, 5) is 20.1. The second-order valence-corrected chi connectivity index (χ2v) is 7.04. The summed E-state index contributed by atoms with van der Waals surface area (Å²) in [6, 6.07) is 3.84. The van der Waals surface area contributed by atoms with Crippen LogP contribution < -0.4 is 0 Å². The largest absolute Gasteiger partial charge is 0.462 e. The van der Waals surface area contributed by atoms with Crippen molar-refractivity contribution in [2.75, 3.05) is 13.2 Å². The van der Waals surface area contributed by atoms with Gasteiger partial charge in [0.25, 0.3) is 5.91 Å². The number of furan rings is 1. The van der Waals surface area contributed by atoms with Gasteiger partial charge in [0.15, 0.2) is 10.8 Å². The van der Waals surface area contributed by atoms with E-state index < -0.39 is 0 Å². The van der Waals surface area contributed by atoms with Crippen molar-refractivity contribution in [1.29, 1.82) is 0 Å². The summed E-state index contributed by atoms with van der Waals surface area (Å²) in [5.41, 5.74) is 0.502. The van der Waals surface area contributed by atoms with E-state index in [0.29, 0.717) is 18.0 Å². The zero-order valence-corrected chi connectivity index (χ0v) is 13.6. The fourth-order valence-electron chi connectivity index (χ4n) is 2.85. The monoisotopic (exact) mass is 320 g/mol. The van der Waals surface area contributed by atoms with Crippen LogP contribution in [-0.2, 0) is 0 Å². The molecule has 0 aromatic carbocycles. The SMILES string of the molecule is Cc1sc(-c2ccco2)nc1C(=O)N1CC(CO)CCC1C. The molecule has 0 spiro atoms. The van der Waals surface area contributed by atoms with Gasteiger partial charge in [-0.1, -0.05) is 0 Å². The van der Waals surface area contributed by atoms with Crippen molar-refractivity contribution < 1.29 is 14.3 Å². The van der Waals surface area contributed by atoms with Gasteiger partial charge in [-0.2, -0.15) is 0 Å². The first-order valence-corrected chi connectivity index (χ1v) is 8.35. The normalized spacial score (nSPS) is 22.0. The Morgan fingerprint density at radius 1 is 1.55 bits per heavy atom. The third-order valence-electron chi connectivity index (χ3n) is 4.23. The molecule has 0 aliphatic carbocycles. The number of amides is 1. The minimum atomic E-state index is -0.0443. The fourth-order valence-corrected chi connectivity index (χ4v) is 3.72. The maximum atomic E-state index is 12.8. The number of aromatic nitrogens is 1. The summed E-state index contributed by atoms with van der Waals surface area (Å²) < 4.78 is 5.36. The Labute approximate surface area is 133 Å². The third-order valence-corrected chi connectivity index (χ3v) is 5.22. The predicted octanol–water partition coefficient (Wildman–Crippen LogP) is 2.94. The molecule has 1 N–H and O–H groups in total. The van der Waals surface area contributed by atoms with Crippen molar-refractivity contribution in [3.8, 4) is 10.8 Å². The van der Waals surface area contributed by atoms with Gasteiger partial charge in [0.1, 0.15) is 5.69 Å². The highest BCUT2D eigenvalue weighted by molar-refractivity contribution is 7.15. The molecular formula is C16H20N2O3S. The maximum absolute atomic E-state index is 12.8. The second kappa shape index (κ2) is 6.22. The van der Waals surface area contributed by atoms with E-state index in [4.69, 9.17) is 4.42 Å². The van der Waals surface area contributed by atoms with Crippen LogP contribution in [0.3, 0.4) is 0 Å². The number of aliphatic hydroxyl groups excluding tert-OH is 1. The Morgan fingerprint density at radius 3 is 3.05 bits per heavy atom. The highest BCUT2D eigenvalue weighted by Crippen LogP contribution is 2.30. The fraction of sp³-hybridized carbons (Fsp3) is 0.500. The number of rotatable bonds is 3. The van der Waals surface area contributed by atoms with Crippen LogP contribution in [0.1, 0.15) is 35.1 Å². The summed E-state index contributed by atoms with van der Waals surface area (Å²) in [5, 5.41) is 10.1. The van der Waals surface area contributed by atoms with Crippen LogP contribution in [0.4, 0.5) is 0 Å². The van der Waals surface area contributed by atoms with E-state index in [1.165, 1.54) is 11.3 Å². The minimum absolute atomic E-state index is 0.0443. The Hall–Kier alpha value is -1.66. The number of hydrogen-bond donors (Lipinski definition) is 1. The molecule has 0 saturated carbocycles. The van der Waals surface area contributed by atoms with Gasteiger partial charge in [0.2, 0.25) is 0 Å². The number of aryl methyl sites for hydroxylation is 1. The lowest BCUT2D eigenvalue weighted by Gasteiger charge is -2.37. The molecule has 1 amide bonds. The van der Waals surface area contributed by atoms with Gasteiger partial charge in [-0.25, -0.2) is 4.98 Å². The summed E-state index contributed by atoms with van der Waals surface area (Å²) in [7, 11) is 0. The van der Waals surface area contributed by atoms with Crippen molar-refractivity contribution in [1.82, 2.24) is 9.88 Å². The molecule has 3 rings (SSSR count). The molecule has 22 heavy (non-hydrogen) atoms. The Kier molecular flexibility index (Phi) is 4.31. The number of nitrogens with zero attached hydrogens (tertiary/aromatic N) is 2. The van der Waals surface area contributed by atoms with Gasteiger partial charge >= 0.3 is 0 Å². The van der Waals surface area contributed by atoms with Gasteiger partial charge < -0.3 is 14.4 Å². The zero-order chi connectivity index (χ0) is 15.7. The Bertz CT molecular complexity index is 650. The summed E-state index contributed by atoms with van der Waals surface area (Å²) in [5.74, 6) is 0.813. The minimum Gasteiger partial charge on any atom is -0.462 e. The lowest BCUT2D eigenvalue weighted by Crippen LogP contribution is -2.46. The number of carbonyl (C=O) groups excluding carboxylic acids is 1. The first kappa shape index (κ1) is 15.2. The van der Waals surface area contributed by atoms with Gasteiger partial charge in [0.05, 0.1) is 6.26 Å². The van der Waals surface area contributed by atoms with E-state index >= 15 is 0 Å². The molecule has 2 aromatic heterocycles. The Morgan fingerprint density at radius 2 is 2.36 bits per heavy atom. The quantitative estimate of drug-likeness (QED) is 0.944. The van der Waals surface area contributed by atoms with Crippen LogP contribution in [0.5, 0.6) is 0 Å². The molecule has 118 valence electrons. The van der Waals surface area contributed by atoms with Gasteiger partial charge in [0, 0.05) is 24.1 Å². The Balaban J connectivity index is 1.85. The van der Waals surface area contributed by atoms with Crippen molar-refractivity contribution in [2.24, 2.45) is 5.92 Å². The summed E-state index contributed by atoms with van der Waals surface area (Å²) in [6.07, 6.45) is 3.49. The van der Waals surface area contributed by atoms with Crippen molar-refractivity contribution >= 4 is 17.2 Å². The highest BCUT2D eigenvalue weighted by Gasteiger charge is 2.31. The number of carbonyl (C=O) groups is 1. The molecule has 1 aliphatic rings. The molecule has 2 atom stereocenters. The highest BCUT2D eigenvalue weighted by atomic mass is 32.1. The van der Waals surface area contributed by atoms with E-state index in [1.54, 1.807) is 6.26 Å². The van der Waals surface area contributed by atoms with Crippen LogP contribution in [0.15, 0.2) is 22.8 Å². The third kappa shape index (κ3) is 2.80. The van der Waals surface area contributed by atoms with Crippen LogP contribution in [0.25, 0.3) is 10.8 Å². The molecular weight excluding hydrogens is 300 g/mol. The number of aliphatic hydroxyl groups is 1. The molecule has 2 aromatic rings. The molecule has 1 saturated heterocycles. The van der Waals surface area contributed by atoms with E-state index in [2.05, 4.69) is 11.9 Å². The van der Waals surface area contributed by atoms with Crippen LogP contribution in [0, 0.1) is 12.8 Å². The number of piperidine rings is 1. The van der Waals surface area contributed by atoms with Gasteiger partial charge in [-0.3, -0.25) is 4.79 Å². The molecule has 1 aliphatic heterocycles. The molecule has 1 fully saturated rings. The predicted molar refractivity (Wildman–Crippen MR) is 84.9 cm³/mol. The van der Waals surface area contributed by atoms with E-state index in [1.807, 2.05) is 24.0 Å². The summed E-state index contributed by atoms with van der Waals surface area (Å²) >= 11 is 1.47. The first-order chi connectivity index (χ1) is 10.6. The molecule has 2 unspecified atom stereocenters. The van der Waals surface area contributed by atoms with Gasteiger partial charge in [-0.15, -0.1) is 11.3 Å². The van der Waals surface area contributed by atoms with Crippen molar-refractivity contribution in [3.05, 3.63) is 29.0 Å². The van der Waals surface area contributed by atoms with E-state index in [-0.39, 0.29) is 24.5 Å². The number of likely N-dealkylation sites (tertiary alicyclic amines) is 1. The lowest BCUT2D eigenvalue weighted by molar-refractivity contribution is 0.0483. The van der Waals surface area contributed by atoms with Gasteiger partial charge in [-0.05, 0) is 44.7 Å². The first-order valence-electron chi connectivity index (χ1n) is 7.53. The van der Waals surface area contributed by atoms with Crippen molar-refractivity contribution in [3.63, 3.8) is 0 Å². The molecule has 5 nitrogen and oxygen atoms in total. The molecule has 0 bridgehead atoms. The standard InChI is InChI=1S/C16H20N2O3S/c1-10-5-6-12(9-19)8-18(10)16(20)14-11(2)22-15(17-14)13-4-3-7-21-13/h3-4,7,10,12,19H,5-6,8-9H2,1-2H3. The van der Waals surface area contributed by atoms with Crippen LogP contribution in [0.2, 0.25) is 0 Å². The van der Waals surface area contributed by atoms with E-state index in [9.17, 15) is 9.90 Å². The zero-order valence-electron chi connectivity index (χ0n) is 12.8. The lowest BCUT2D eigenvalue weighted by atomic mass is 9.94. The smallest absolute Gasteiger partial charge is 0.273 e. The van der Waals surface area contributed by atoms with E-state index in [0.717, 1.165) is 22.7 Å². The molecule has 3 heterocycles. The number of hydrogen-bond acceptors (Lipinski definition) is 5. The number of thiazole rings is 1.